The molecule has 0 spiro atoms. The van der Waals surface area contributed by atoms with Crippen molar-refractivity contribution in [3.8, 4) is 0 Å². The molecule has 1 unspecified atom stereocenters. The molecule has 32 heavy (non-hydrogen) atoms. The third-order valence-electron chi connectivity index (χ3n) is 5.50. The number of carboxylic acids is 1. The number of nitrogens with one attached hydrogen (secondary N) is 1. The minimum Gasteiger partial charge on any atom is -0.479 e. The highest BCUT2D eigenvalue weighted by atomic mass is 35.5. The number of aryl methyl sites for hydroxylation is 1. The summed E-state index contributed by atoms with van der Waals surface area (Å²) < 4.78 is 0.448. The van der Waals surface area contributed by atoms with E-state index in [1.54, 1.807) is 41.3 Å². The lowest BCUT2D eigenvalue weighted by atomic mass is 9.95. The molecule has 2 aromatic carbocycles. The molecule has 164 valence electrons. The summed E-state index contributed by atoms with van der Waals surface area (Å²) in [5.41, 5.74) is 3.98. The van der Waals surface area contributed by atoms with Gasteiger partial charge >= 0.3 is 5.97 Å². The number of hydrogen-bond donors (Lipinski definition) is 2. The first kappa shape index (κ1) is 22.0. The molecule has 0 fully saturated rings. The van der Waals surface area contributed by atoms with Crippen LogP contribution in [0.25, 0.3) is 0 Å². The molecule has 1 aliphatic rings. The molecule has 2 amide bonds. The molecule has 1 aliphatic heterocycles. The summed E-state index contributed by atoms with van der Waals surface area (Å²) in [4.78, 5) is 39.4. The zero-order valence-corrected chi connectivity index (χ0v) is 18.9. The minimum atomic E-state index is -1.19. The van der Waals surface area contributed by atoms with E-state index in [0.29, 0.717) is 32.6 Å². The van der Waals surface area contributed by atoms with Gasteiger partial charge in [-0.2, -0.15) is 0 Å². The van der Waals surface area contributed by atoms with E-state index in [4.69, 9.17) is 11.6 Å². The highest BCUT2D eigenvalue weighted by Gasteiger charge is 2.27. The normalized spacial score (nSPS) is 14.1. The number of amides is 2. The first-order chi connectivity index (χ1) is 15.4. The molecule has 3 aromatic rings. The van der Waals surface area contributed by atoms with Gasteiger partial charge in [-0.1, -0.05) is 30.7 Å². The average Bonchev–Trinajstić information content (AvgIpc) is 3.23. The average molecular weight is 469 g/mol. The molecule has 4 rings (SSSR count). The Morgan fingerprint density at radius 1 is 1.16 bits per heavy atom. The number of aliphatic carboxylic acids is 1. The van der Waals surface area contributed by atoms with Crippen molar-refractivity contribution in [1.82, 2.24) is 5.32 Å². The standard InChI is InChI=1S/C24H21ClN2O4S/c1-2-14-3-8-18-16(13-14)11-12-27(23(18)29)17-6-4-15(5-7-17)22(28)26-21(24(30)31)19-9-10-20(25)32-19/h3-10,13,21H,2,11-12H2,1H3,(H,26,28)(H,30,31). The summed E-state index contributed by atoms with van der Waals surface area (Å²) in [6.45, 7) is 2.65. The Morgan fingerprint density at radius 2 is 1.91 bits per heavy atom. The number of rotatable bonds is 6. The summed E-state index contributed by atoms with van der Waals surface area (Å²) >= 11 is 7.00. The predicted octanol–water partition coefficient (Wildman–Crippen LogP) is 4.72. The fourth-order valence-corrected chi connectivity index (χ4v) is 4.86. The number of hydrogen-bond acceptors (Lipinski definition) is 4. The second-order valence-electron chi connectivity index (χ2n) is 7.49. The molecule has 0 aliphatic carbocycles. The fraction of sp³-hybridized carbons (Fsp3) is 0.208. The van der Waals surface area contributed by atoms with Crippen LogP contribution in [0.15, 0.2) is 54.6 Å². The Bertz CT molecular complexity index is 1190. The van der Waals surface area contributed by atoms with Crippen molar-refractivity contribution in [2.75, 3.05) is 11.4 Å². The third-order valence-corrected chi connectivity index (χ3v) is 6.80. The molecular weight excluding hydrogens is 448 g/mol. The number of thiophene rings is 1. The molecule has 1 aromatic heterocycles. The van der Waals surface area contributed by atoms with Crippen LogP contribution in [-0.4, -0.2) is 29.4 Å². The SMILES string of the molecule is CCc1ccc2c(c1)CCN(c1ccc(C(=O)NC(C(=O)O)c3ccc(Cl)s3)cc1)C2=O. The molecule has 6 nitrogen and oxygen atoms in total. The Labute approximate surface area is 194 Å². The number of nitrogens with zero attached hydrogens (tertiary/aromatic N) is 1. The molecule has 8 heteroatoms. The van der Waals surface area contributed by atoms with E-state index < -0.39 is 17.9 Å². The number of anilines is 1. The van der Waals surface area contributed by atoms with E-state index in [1.807, 2.05) is 12.1 Å². The van der Waals surface area contributed by atoms with Gasteiger partial charge in [0.25, 0.3) is 11.8 Å². The van der Waals surface area contributed by atoms with Crippen LogP contribution in [0.5, 0.6) is 0 Å². The Balaban J connectivity index is 1.49. The van der Waals surface area contributed by atoms with Gasteiger partial charge in [0.05, 0.1) is 4.34 Å². The van der Waals surface area contributed by atoms with Gasteiger partial charge in [-0.3, -0.25) is 9.59 Å². The second kappa shape index (κ2) is 9.14. The summed E-state index contributed by atoms with van der Waals surface area (Å²) in [5.74, 6) is -1.75. The van der Waals surface area contributed by atoms with Crippen molar-refractivity contribution in [1.29, 1.82) is 0 Å². The van der Waals surface area contributed by atoms with Gasteiger partial charge in [-0.25, -0.2) is 4.79 Å². The van der Waals surface area contributed by atoms with Gasteiger partial charge in [0.1, 0.15) is 0 Å². The highest BCUT2D eigenvalue weighted by molar-refractivity contribution is 7.16. The number of benzene rings is 2. The van der Waals surface area contributed by atoms with Crippen molar-refractivity contribution in [2.24, 2.45) is 0 Å². The number of fused-ring (bicyclic) bond motifs is 1. The Kier molecular flexibility index (Phi) is 6.30. The van der Waals surface area contributed by atoms with Gasteiger partial charge in [0.2, 0.25) is 0 Å². The van der Waals surface area contributed by atoms with Crippen molar-refractivity contribution >= 4 is 46.4 Å². The van der Waals surface area contributed by atoms with Crippen LogP contribution in [0.3, 0.4) is 0 Å². The lowest BCUT2D eigenvalue weighted by molar-refractivity contribution is -0.139. The van der Waals surface area contributed by atoms with Crippen LogP contribution in [-0.2, 0) is 17.6 Å². The van der Waals surface area contributed by atoms with Crippen LogP contribution in [0.4, 0.5) is 5.69 Å². The molecule has 2 N–H and O–H groups in total. The molecule has 0 saturated carbocycles. The van der Waals surface area contributed by atoms with Crippen LogP contribution < -0.4 is 10.2 Å². The maximum Gasteiger partial charge on any atom is 0.331 e. The molecule has 0 radical (unpaired) electrons. The van der Waals surface area contributed by atoms with Gasteiger partial charge < -0.3 is 15.3 Å². The summed E-state index contributed by atoms with van der Waals surface area (Å²) in [5, 5.41) is 12.0. The zero-order chi connectivity index (χ0) is 22.8. The predicted molar refractivity (Wildman–Crippen MR) is 125 cm³/mol. The van der Waals surface area contributed by atoms with E-state index in [0.717, 1.165) is 29.7 Å². The Hall–Kier alpha value is -3.16. The molecule has 0 bridgehead atoms. The molecular formula is C24H21ClN2O4S. The molecule has 1 atom stereocenters. The lowest BCUT2D eigenvalue weighted by Gasteiger charge is -2.29. The maximum absolute atomic E-state index is 13.0. The van der Waals surface area contributed by atoms with Crippen molar-refractivity contribution in [3.05, 3.63) is 86.1 Å². The quantitative estimate of drug-likeness (QED) is 0.548. The Morgan fingerprint density at radius 3 is 2.53 bits per heavy atom. The van der Waals surface area contributed by atoms with Gasteiger partial charge in [0, 0.05) is 28.2 Å². The van der Waals surface area contributed by atoms with E-state index >= 15 is 0 Å². The van der Waals surface area contributed by atoms with Gasteiger partial charge in [0.15, 0.2) is 6.04 Å². The zero-order valence-electron chi connectivity index (χ0n) is 17.3. The third kappa shape index (κ3) is 4.40. The van der Waals surface area contributed by atoms with Gasteiger partial charge in [-0.05, 0) is 66.4 Å². The number of carboxylic acid groups (broad SMARTS) is 1. The maximum atomic E-state index is 13.0. The second-order valence-corrected chi connectivity index (χ2v) is 9.23. The number of halogens is 1. The summed E-state index contributed by atoms with van der Waals surface area (Å²) in [6, 6.07) is 14.5. The van der Waals surface area contributed by atoms with E-state index in [9.17, 15) is 19.5 Å². The monoisotopic (exact) mass is 468 g/mol. The van der Waals surface area contributed by atoms with Crippen LogP contribution >= 0.6 is 22.9 Å². The van der Waals surface area contributed by atoms with Crippen LogP contribution in [0.2, 0.25) is 4.34 Å². The van der Waals surface area contributed by atoms with Gasteiger partial charge in [-0.15, -0.1) is 11.3 Å². The smallest absolute Gasteiger partial charge is 0.331 e. The largest absolute Gasteiger partial charge is 0.479 e. The lowest BCUT2D eigenvalue weighted by Crippen LogP contribution is -2.37. The fourth-order valence-electron chi connectivity index (χ4n) is 3.75. The topological polar surface area (TPSA) is 86.7 Å². The highest BCUT2D eigenvalue weighted by Crippen LogP contribution is 2.28. The number of carbonyl (C=O) groups is 3. The molecule has 0 saturated heterocycles. The summed E-state index contributed by atoms with van der Waals surface area (Å²) in [7, 11) is 0. The van der Waals surface area contributed by atoms with E-state index in [1.165, 1.54) is 5.56 Å². The van der Waals surface area contributed by atoms with Crippen LogP contribution in [0.1, 0.15) is 49.7 Å². The van der Waals surface area contributed by atoms with Crippen LogP contribution in [0, 0.1) is 0 Å². The van der Waals surface area contributed by atoms with Crippen molar-refractivity contribution < 1.29 is 19.5 Å². The summed E-state index contributed by atoms with van der Waals surface area (Å²) in [6.07, 6.45) is 1.69. The van der Waals surface area contributed by atoms with E-state index in [-0.39, 0.29) is 5.91 Å². The first-order valence-corrected chi connectivity index (χ1v) is 11.4. The first-order valence-electron chi connectivity index (χ1n) is 10.2. The minimum absolute atomic E-state index is 0.0633. The van der Waals surface area contributed by atoms with Crippen molar-refractivity contribution in [2.45, 2.75) is 25.8 Å². The van der Waals surface area contributed by atoms with Crippen molar-refractivity contribution in [3.63, 3.8) is 0 Å². The van der Waals surface area contributed by atoms with E-state index in [2.05, 4.69) is 18.3 Å². The molecule has 2 heterocycles. The number of carbonyl (C=O) groups excluding carboxylic acids is 2.